The smallest absolute Gasteiger partial charge is 0.0789 e. The van der Waals surface area contributed by atoms with Crippen molar-refractivity contribution in [1.82, 2.24) is 10.6 Å². The minimum Gasteiger partial charge on any atom is -0.390 e. The van der Waals surface area contributed by atoms with Crippen molar-refractivity contribution in [1.29, 1.82) is 0 Å². The molecule has 0 heterocycles. The van der Waals surface area contributed by atoms with Crippen LogP contribution in [0, 0.1) is 0 Å². The zero-order valence-corrected chi connectivity index (χ0v) is 19.2. The van der Waals surface area contributed by atoms with E-state index in [0.717, 1.165) is 12.0 Å². The molecule has 3 atom stereocenters. The van der Waals surface area contributed by atoms with E-state index in [2.05, 4.69) is 49.8 Å². The van der Waals surface area contributed by atoms with Gasteiger partial charge in [-0.3, -0.25) is 0 Å². The SMILES string of the molecule is C=C/C=C(\C=C)C(C)NCC(O)CNC(C)C(/C=C\C)=C/CC.CC.CC. The molecule has 0 aromatic carbocycles. The van der Waals surface area contributed by atoms with Gasteiger partial charge in [-0.05, 0) is 38.3 Å². The Labute approximate surface area is 170 Å². The second-order valence-electron chi connectivity index (χ2n) is 5.63. The van der Waals surface area contributed by atoms with Gasteiger partial charge in [0.05, 0.1) is 6.10 Å². The second kappa shape index (κ2) is 22.6. The van der Waals surface area contributed by atoms with Gasteiger partial charge in [0.25, 0.3) is 0 Å². The molecule has 0 aromatic heterocycles. The zero-order chi connectivity index (χ0) is 21.7. The van der Waals surface area contributed by atoms with Gasteiger partial charge in [-0.15, -0.1) is 0 Å². The molecule has 0 radical (unpaired) electrons. The van der Waals surface area contributed by atoms with Crippen LogP contribution in [0.2, 0.25) is 0 Å². The third-order valence-corrected chi connectivity index (χ3v) is 3.66. The third kappa shape index (κ3) is 16.5. The normalized spacial score (nSPS) is 15.0. The van der Waals surface area contributed by atoms with Crippen molar-refractivity contribution in [2.24, 2.45) is 0 Å². The summed E-state index contributed by atoms with van der Waals surface area (Å²) in [6.07, 6.45) is 12.4. The van der Waals surface area contributed by atoms with E-state index in [1.807, 2.05) is 59.8 Å². The number of hydrogen-bond donors (Lipinski definition) is 3. The molecule has 0 aliphatic rings. The predicted octanol–water partition coefficient (Wildman–Crippen LogP) is 5.57. The molecule has 0 saturated carbocycles. The van der Waals surface area contributed by atoms with Crippen LogP contribution in [-0.4, -0.2) is 36.4 Å². The van der Waals surface area contributed by atoms with Gasteiger partial charge in [0.1, 0.15) is 0 Å². The summed E-state index contributed by atoms with van der Waals surface area (Å²) in [4.78, 5) is 0. The fraction of sp³-hybridized carbons (Fsp3) is 0.583. The Hall–Kier alpha value is -1.42. The van der Waals surface area contributed by atoms with Gasteiger partial charge in [-0.2, -0.15) is 0 Å². The standard InChI is InChI=1S/C20H34N2O.2C2H6/c1-7-11-18(10-4)16(5)21-14-20(23)15-22-17(6)19(12-8-2)13-9-3;2*1-2/h7-8,10-13,16-17,20-23H,1,4,9,14-15H2,2-3,5-6H3;2*1-2H3/b12-8-,18-11+,19-13+;;. The van der Waals surface area contributed by atoms with Crippen LogP contribution < -0.4 is 10.6 Å². The second-order valence-corrected chi connectivity index (χ2v) is 5.63. The summed E-state index contributed by atoms with van der Waals surface area (Å²) in [5, 5.41) is 16.8. The van der Waals surface area contributed by atoms with Gasteiger partial charge in [0, 0.05) is 25.2 Å². The van der Waals surface area contributed by atoms with Crippen LogP contribution >= 0.6 is 0 Å². The lowest BCUT2D eigenvalue weighted by atomic mass is 10.1. The van der Waals surface area contributed by atoms with Crippen molar-refractivity contribution in [3.05, 3.63) is 60.8 Å². The number of aliphatic hydroxyl groups is 1. The van der Waals surface area contributed by atoms with Gasteiger partial charge in [0.2, 0.25) is 0 Å². The Balaban J connectivity index is -0.00000134. The summed E-state index contributed by atoms with van der Waals surface area (Å²) in [6.45, 7) is 24.9. The van der Waals surface area contributed by atoms with Crippen LogP contribution in [0.15, 0.2) is 60.8 Å². The van der Waals surface area contributed by atoms with E-state index in [4.69, 9.17) is 0 Å². The number of nitrogens with one attached hydrogen (secondary N) is 2. The maximum atomic E-state index is 10.1. The number of aliphatic hydroxyl groups excluding tert-OH is 1. The molecule has 158 valence electrons. The molecule has 0 aromatic rings. The highest BCUT2D eigenvalue weighted by atomic mass is 16.3. The Kier molecular flexibility index (Phi) is 25.4. The molecule has 27 heavy (non-hydrogen) atoms. The minimum absolute atomic E-state index is 0.135. The molecule has 3 nitrogen and oxygen atoms in total. The summed E-state index contributed by atoms with van der Waals surface area (Å²) in [5.41, 5.74) is 2.32. The van der Waals surface area contributed by atoms with Crippen molar-refractivity contribution < 1.29 is 5.11 Å². The van der Waals surface area contributed by atoms with E-state index in [0.29, 0.717) is 13.1 Å². The molecule has 0 fully saturated rings. The topological polar surface area (TPSA) is 44.3 Å². The van der Waals surface area contributed by atoms with E-state index in [1.165, 1.54) is 5.57 Å². The zero-order valence-electron chi connectivity index (χ0n) is 19.2. The van der Waals surface area contributed by atoms with Gasteiger partial charge >= 0.3 is 0 Å². The van der Waals surface area contributed by atoms with Gasteiger partial charge in [0.15, 0.2) is 0 Å². The molecule has 0 aliphatic heterocycles. The Morgan fingerprint density at radius 2 is 1.44 bits per heavy atom. The van der Waals surface area contributed by atoms with Crippen molar-refractivity contribution in [2.45, 2.75) is 80.0 Å². The van der Waals surface area contributed by atoms with Gasteiger partial charge in [-0.25, -0.2) is 0 Å². The molecular weight excluding hydrogens is 332 g/mol. The van der Waals surface area contributed by atoms with E-state index in [9.17, 15) is 5.11 Å². The van der Waals surface area contributed by atoms with Crippen LogP contribution in [0.5, 0.6) is 0 Å². The summed E-state index contributed by atoms with van der Waals surface area (Å²) in [7, 11) is 0. The quantitative estimate of drug-likeness (QED) is 0.389. The number of allylic oxidation sites excluding steroid dienone is 4. The summed E-state index contributed by atoms with van der Waals surface area (Å²) in [5.74, 6) is 0. The first kappa shape index (κ1) is 30.3. The van der Waals surface area contributed by atoms with Crippen molar-refractivity contribution >= 4 is 0 Å². The molecule has 0 aliphatic carbocycles. The highest BCUT2D eigenvalue weighted by molar-refractivity contribution is 5.26. The van der Waals surface area contributed by atoms with Crippen LogP contribution in [-0.2, 0) is 0 Å². The van der Waals surface area contributed by atoms with Crippen LogP contribution in [0.4, 0.5) is 0 Å². The number of rotatable bonds is 12. The molecular formula is C24H46N2O. The highest BCUT2D eigenvalue weighted by Gasteiger charge is 2.11. The van der Waals surface area contributed by atoms with E-state index >= 15 is 0 Å². The van der Waals surface area contributed by atoms with Crippen LogP contribution in [0.25, 0.3) is 0 Å². The number of hydrogen-bond acceptors (Lipinski definition) is 3. The molecule has 3 N–H and O–H groups in total. The Bertz CT molecular complexity index is 436. The fourth-order valence-electron chi connectivity index (χ4n) is 2.28. The molecule has 3 heteroatoms. The van der Waals surface area contributed by atoms with Crippen molar-refractivity contribution in [3.63, 3.8) is 0 Å². The first-order valence-electron chi connectivity index (χ1n) is 10.4. The molecule has 0 spiro atoms. The van der Waals surface area contributed by atoms with E-state index in [-0.39, 0.29) is 12.1 Å². The lowest BCUT2D eigenvalue weighted by molar-refractivity contribution is 0.164. The third-order valence-electron chi connectivity index (χ3n) is 3.66. The Morgan fingerprint density at radius 3 is 1.81 bits per heavy atom. The first-order chi connectivity index (χ1) is 13.0. The summed E-state index contributed by atoms with van der Waals surface area (Å²) in [6, 6.07) is 0.360. The van der Waals surface area contributed by atoms with E-state index in [1.54, 1.807) is 6.08 Å². The average Bonchev–Trinajstić information content (AvgIpc) is 2.71. The summed E-state index contributed by atoms with van der Waals surface area (Å²) < 4.78 is 0. The Morgan fingerprint density at radius 1 is 0.963 bits per heavy atom. The molecule has 0 saturated heterocycles. The first-order valence-corrected chi connectivity index (χ1v) is 10.4. The molecule has 3 unspecified atom stereocenters. The largest absolute Gasteiger partial charge is 0.390 e. The molecule has 0 amide bonds. The van der Waals surface area contributed by atoms with Crippen LogP contribution in [0.1, 0.15) is 61.8 Å². The summed E-state index contributed by atoms with van der Waals surface area (Å²) >= 11 is 0. The highest BCUT2D eigenvalue weighted by Crippen LogP contribution is 2.06. The van der Waals surface area contributed by atoms with Gasteiger partial charge < -0.3 is 15.7 Å². The average molecular weight is 379 g/mol. The van der Waals surface area contributed by atoms with E-state index < -0.39 is 6.10 Å². The van der Waals surface area contributed by atoms with Crippen molar-refractivity contribution in [3.8, 4) is 0 Å². The fourth-order valence-corrected chi connectivity index (χ4v) is 2.28. The lowest BCUT2D eigenvalue weighted by Gasteiger charge is -2.21. The van der Waals surface area contributed by atoms with Crippen LogP contribution in [0.3, 0.4) is 0 Å². The maximum Gasteiger partial charge on any atom is 0.0789 e. The minimum atomic E-state index is -0.442. The lowest BCUT2D eigenvalue weighted by Crippen LogP contribution is -2.42. The maximum absolute atomic E-state index is 10.1. The van der Waals surface area contributed by atoms with Gasteiger partial charge in [-0.1, -0.05) is 84.2 Å². The monoisotopic (exact) mass is 378 g/mol. The molecule has 0 rings (SSSR count). The van der Waals surface area contributed by atoms with Crippen molar-refractivity contribution in [2.75, 3.05) is 13.1 Å². The molecule has 0 bridgehead atoms. The predicted molar refractivity (Wildman–Crippen MR) is 125 cm³/mol.